The van der Waals surface area contributed by atoms with Gasteiger partial charge in [-0.05, 0) is 36.9 Å². The number of rotatable bonds is 4. The van der Waals surface area contributed by atoms with E-state index >= 15 is 0 Å². The predicted molar refractivity (Wildman–Crippen MR) is 83.1 cm³/mol. The third-order valence-electron chi connectivity index (χ3n) is 2.89. The van der Waals surface area contributed by atoms with Crippen molar-refractivity contribution in [1.82, 2.24) is 10.1 Å². The molecule has 0 unspecified atom stereocenters. The summed E-state index contributed by atoms with van der Waals surface area (Å²) >= 11 is 3.34. The van der Waals surface area contributed by atoms with E-state index in [0.29, 0.717) is 17.5 Å². The van der Waals surface area contributed by atoms with Crippen LogP contribution in [-0.2, 0) is 5.75 Å². The third-order valence-corrected chi connectivity index (χ3v) is 4.92. The Labute approximate surface area is 126 Å². The van der Waals surface area contributed by atoms with Crippen molar-refractivity contribution < 1.29 is 4.52 Å². The highest BCUT2D eigenvalue weighted by molar-refractivity contribution is 7.98. The van der Waals surface area contributed by atoms with Gasteiger partial charge in [-0.25, -0.2) is 0 Å². The minimum absolute atomic E-state index is 0.665. The summed E-state index contributed by atoms with van der Waals surface area (Å²) < 4.78 is 5.30. The third kappa shape index (κ3) is 2.94. The Morgan fingerprint density at radius 3 is 2.90 bits per heavy atom. The average molecular weight is 302 g/mol. The number of aryl methyl sites for hydroxylation is 2. The Morgan fingerprint density at radius 2 is 2.15 bits per heavy atom. The van der Waals surface area contributed by atoms with E-state index in [1.165, 1.54) is 16.0 Å². The van der Waals surface area contributed by atoms with Crippen molar-refractivity contribution in [3.8, 4) is 10.7 Å². The summed E-state index contributed by atoms with van der Waals surface area (Å²) in [6.45, 7) is 4.23. The lowest BCUT2D eigenvalue weighted by atomic mass is 10.2. The molecule has 5 heteroatoms. The smallest absolute Gasteiger partial charge is 0.237 e. The SMILES string of the molecule is Cc1ccc(SCc2nc(-c3cccs3)no2)c(C)c1. The molecule has 0 spiro atoms. The quantitative estimate of drug-likeness (QED) is 0.654. The fourth-order valence-electron chi connectivity index (χ4n) is 1.92. The Hall–Kier alpha value is -1.59. The average Bonchev–Trinajstić information content (AvgIpc) is 3.08. The van der Waals surface area contributed by atoms with E-state index in [1.807, 2.05) is 17.5 Å². The van der Waals surface area contributed by atoms with Crippen LogP contribution in [0, 0.1) is 13.8 Å². The van der Waals surface area contributed by atoms with Crippen LogP contribution in [0.4, 0.5) is 0 Å². The zero-order chi connectivity index (χ0) is 13.9. The van der Waals surface area contributed by atoms with Gasteiger partial charge in [-0.2, -0.15) is 4.98 Å². The zero-order valence-corrected chi connectivity index (χ0v) is 12.9. The number of thiophene rings is 1. The first-order valence-electron chi connectivity index (χ1n) is 6.29. The first kappa shape index (κ1) is 13.4. The second-order valence-corrected chi connectivity index (χ2v) is 6.51. The molecule has 3 nitrogen and oxygen atoms in total. The van der Waals surface area contributed by atoms with Crippen molar-refractivity contribution in [2.24, 2.45) is 0 Å². The van der Waals surface area contributed by atoms with Crippen molar-refractivity contribution in [3.63, 3.8) is 0 Å². The minimum Gasteiger partial charge on any atom is -0.338 e. The van der Waals surface area contributed by atoms with Gasteiger partial charge >= 0.3 is 0 Å². The summed E-state index contributed by atoms with van der Waals surface area (Å²) in [6, 6.07) is 10.4. The Balaban J connectivity index is 1.70. The molecule has 0 N–H and O–H groups in total. The molecule has 3 rings (SSSR count). The molecule has 0 bridgehead atoms. The van der Waals surface area contributed by atoms with Crippen molar-refractivity contribution in [2.45, 2.75) is 24.5 Å². The summed E-state index contributed by atoms with van der Waals surface area (Å²) in [5.41, 5.74) is 2.57. The minimum atomic E-state index is 0.665. The van der Waals surface area contributed by atoms with Crippen LogP contribution in [0.5, 0.6) is 0 Å². The van der Waals surface area contributed by atoms with Gasteiger partial charge < -0.3 is 4.52 Å². The van der Waals surface area contributed by atoms with Crippen LogP contribution in [0.3, 0.4) is 0 Å². The largest absolute Gasteiger partial charge is 0.338 e. The molecule has 0 aliphatic heterocycles. The maximum absolute atomic E-state index is 5.30. The number of hydrogen-bond donors (Lipinski definition) is 0. The fourth-order valence-corrected chi connectivity index (χ4v) is 3.42. The van der Waals surface area contributed by atoms with Crippen LogP contribution in [0.2, 0.25) is 0 Å². The van der Waals surface area contributed by atoms with Gasteiger partial charge in [0.05, 0.1) is 10.6 Å². The molecule has 0 aliphatic carbocycles. The molecule has 20 heavy (non-hydrogen) atoms. The number of benzene rings is 1. The first-order chi connectivity index (χ1) is 9.72. The molecule has 3 aromatic rings. The molecule has 2 aromatic heterocycles. The maximum atomic E-state index is 5.30. The number of hydrogen-bond acceptors (Lipinski definition) is 5. The lowest BCUT2D eigenvalue weighted by Gasteiger charge is -2.04. The summed E-state index contributed by atoms with van der Waals surface area (Å²) in [6.07, 6.45) is 0. The van der Waals surface area contributed by atoms with Gasteiger partial charge in [-0.3, -0.25) is 0 Å². The predicted octanol–water partition coefficient (Wildman–Crippen LogP) is 4.71. The summed E-state index contributed by atoms with van der Waals surface area (Å²) in [5, 5.41) is 6.03. The lowest BCUT2D eigenvalue weighted by Crippen LogP contribution is -1.85. The highest BCUT2D eigenvalue weighted by atomic mass is 32.2. The van der Waals surface area contributed by atoms with Crippen molar-refractivity contribution in [1.29, 1.82) is 0 Å². The van der Waals surface area contributed by atoms with Crippen molar-refractivity contribution >= 4 is 23.1 Å². The monoisotopic (exact) mass is 302 g/mol. The van der Waals surface area contributed by atoms with E-state index in [0.717, 1.165) is 4.88 Å². The molecular weight excluding hydrogens is 288 g/mol. The first-order valence-corrected chi connectivity index (χ1v) is 8.15. The number of aromatic nitrogens is 2. The lowest BCUT2D eigenvalue weighted by molar-refractivity contribution is 0.392. The molecular formula is C15H14N2OS2. The summed E-state index contributed by atoms with van der Waals surface area (Å²) in [4.78, 5) is 6.72. The zero-order valence-electron chi connectivity index (χ0n) is 11.3. The number of thioether (sulfide) groups is 1. The van der Waals surface area contributed by atoms with E-state index in [9.17, 15) is 0 Å². The number of nitrogens with zero attached hydrogens (tertiary/aromatic N) is 2. The van der Waals surface area contributed by atoms with E-state index < -0.39 is 0 Å². The Kier molecular flexibility index (Phi) is 3.89. The van der Waals surface area contributed by atoms with E-state index in [4.69, 9.17) is 4.52 Å². The molecule has 0 radical (unpaired) electrons. The van der Waals surface area contributed by atoms with Gasteiger partial charge in [0.15, 0.2) is 0 Å². The molecule has 2 heterocycles. The van der Waals surface area contributed by atoms with Crippen LogP contribution < -0.4 is 0 Å². The molecule has 0 saturated carbocycles. The molecule has 0 amide bonds. The summed E-state index contributed by atoms with van der Waals surface area (Å²) in [7, 11) is 0. The highest BCUT2D eigenvalue weighted by Crippen LogP contribution is 2.27. The molecule has 0 fully saturated rings. The molecule has 1 aromatic carbocycles. The van der Waals surface area contributed by atoms with E-state index in [-0.39, 0.29) is 0 Å². The molecule has 0 atom stereocenters. The van der Waals surface area contributed by atoms with Gasteiger partial charge in [0.2, 0.25) is 11.7 Å². The highest BCUT2D eigenvalue weighted by Gasteiger charge is 2.10. The van der Waals surface area contributed by atoms with Crippen LogP contribution in [0.15, 0.2) is 45.1 Å². The van der Waals surface area contributed by atoms with Crippen LogP contribution in [0.25, 0.3) is 10.7 Å². The molecule has 0 saturated heterocycles. The normalized spacial score (nSPS) is 10.9. The maximum Gasteiger partial charge on any atom is 0.237 e. The van der Waals surface area contributed by atoms with E-state index in [1.54, 1.807) is 23.1 Å². The van der Waals surface area contributed by atoms with Crippen molar-refractivity contribution in [2.75, 3.05) is 0 Å². The fraction of sp³-hybridized carbons (Fsp3) is 0.200. The van der Waals surface area contributed by atoms with Crippen LogP contribution >= 0.6 is 23.1 Å². The second-order valence-electron chi connectivity index (χ2n) is 4.55. The van der Waals surface area contributed by atoms with Crippen molar-refractivity contribution in [3.05, 3.63) is 52.7 Å². The van der Waals surface area contributed by atoms with Gasteiger partial charge in [0.1, 0.15) is 0 Å². The Bertz CT molecular complexity index is 704. The Morgan fingerprint density at radius 1 is 1.25 bits per heavy atom. The molecule has 0 aliphatic rings. The van der Waals surface area contributed by atoms with Gasteiger partial charge in [-0.1, -0.05) is 28.9 Å². The van der Waals surface area contributed by atoms with Gasteiger partial charge in [-0.15, -0.1) is 23.1 Å². The van der Waals surface area contributed by atoms with Gasteiger partial charge in [0, 0.05) is 4.90 Å². The summed E-state index contributed by atoms with van der Waals surface area (Å²) in [5.74, 6) is 2.04. The second kappa shape index (κ2) is 5.81. The molecule has 102 valence electrons. The van der Waals surface area contributed by atoms with E-state index in [2.05, 4.69) is 42.2 Å². The topological polar surface area (TPSA) is 38.9 Å². The standard InChI is InChI=1S/C15H14N2OS2/c1-10-5-6-12(11(2)8-10)20-9-14-16-15(17-18-14)13-4-3-7-19-13/h3-8H,9H2,1-2H3. The van der Waals surface area contributed by atoms with Crippen LogP contribution in [-0.4, -0.2) is 10.1 Å². The van der Waals surface area contributed by atoms with Crippen LogP contribution in [0.1, 0.15) is 17.0 Å². The van der Waals surface area contributed by atoms with Gasteiger partial charge in [0.25, 0.3) is 0 Å².